The van der Waals surface area contributed by atoms with Crippen LogP contribution in [0.15, 0.2) is 77.7 Å². The molecule has 5 N–H and O–H groups in total. The van der Waals surface area contributed by atoms with Gasteiger partial charge in [-0.2, -0.15) is 4.72 Å². The van der Waals surface area contributed by atoms with E-state index in [4.69, 9.17) is 27.9 Å². The lowest BCUT2D eigenvalue weighted by Gasteiger charge is -2.33. The molecule has 1 saturated heterocycles. The third kappa shape index (κ3) is 8.60. The average molecular weight is 657 g/mol. The number of benzene rings is 3. The van der Waals surface area contributed by atoms with Gasteiger partial charge in [-0.3, -0.25) is 23.4 Å². The van der Waals surface area contributed by atoms with Crippen LogP contribution >= 0.6 is 34.0 Å². The molecule has 0 aromatic heterocycles. The van der Waals surface area contributed by atoms with Crippen molar-refractivity contribution >= 4 is 55.8 Å². The zero-order valence-electron chi connectivity index (χ0n) is 22.3. The number of halogens is 2. The number of ether oxygens (including phenoxy) is 1. The highest BCUT2D eigenvalue weighted by Crippen LogP contribution is 2.57. The Hall–Kier alpha value is -2.84. The fourth-order valence-corrected chi connectivity index (χ4v) is 7.70. The summed E-state index contributed by atoms with van der Waals surface area (Å²) in [6, 6.07) is 18.3. The fourth-order valence-electron chi connectivity index (χ4n) is 4.40. The van der Waals surface area contributed by atoms with Crippen molar-refractivity contribution in [3.05, 3.63) is 94.0 Å². The lowest BCUT2D eigenvalue weighted by atomic mass is 10.0. The van der Waals surface area contributed by atoms with E-state index in [0.717, 1.165) is 0 Å². The zero-order valence-corrected chi connectivity index (χ0v) is 25.5. The summed E-state index contributed by atoms with van der Waals surface area (Å²) in [7, 11) is -7.44. The molecular weight excluding hydrogens is 625 g/mol. The molecule has 1 fully saturated rings. The predicted molar refractivity (Wildman–Crippen MR) is 163 cm³/mol. The molecule has 0 bridgehead atoms. The Morgan fingerprint density at radius 1 is 1.05 bits per heavy atom. The van der Waals surface area contributed by atoms with Crippen molar-refractivity contribution in [3.63, 3.8) is 0 Å². The fraction of sp³-hybridized carbons (Fsp3) is 0.286. The van der Waals surface area contributed by atoms with Crippen LogP contribution in [0.25, 0.3) is 0 Å². The average Bonchev–Trinajstić information content (AvgIpc) is 3.21. The van der Waals surface area contributed by atoms with Crippen molar-refractivity contribution < 1.29 is 31.8 Å². The molecule has 1 heterocycles. The van der Waals surface area contributed by atoms with Gasteiger partial charge in [-0.1, -0.05) is 59.6 Å². The van der Waals surface area contributed by atoms with E-state index in [1.54, 1.807) is 54.6 Å². The number of rotatable bonds is 13. The molecule has 0 aliphatic carbocycles. The van der Waals surface area contributed by atoms with Crippen LogP contribution in [-0.2, 0) is 26.0 Å². The molecule has 0 radical (unpaired) electrons. The van der Waals surface area contributed by atoms with Gasteiger partial charge in [0.2, 0.25) is 21.8 Å². The zero-order chi connectivity index (χ0) is 30.3. The standard InChI is InChI=1S/C28H31Cl2N3O7S2/c29-20-7-6-8-21(17-20)40-14-5-4-13-31-28(35)25(32-41(36,37)22-9-2-1-3-10-22)16-19-11-12-23(24(30)15-19)26-18-27(34)33-42(26,38)39/h1-3,6-12,15,17,25-26,32,38-39H,4-5,13-14,16,18H2,(H,31,35)(H,33,34). The molecule has 3 aromatic rings. The van der Waals surface area contributed by atoms with Crippen molar-refractivity contribution in [3.8, 4) is 5.75 Å². The Balaban J connectivity index is 1.42. The molecule has 42 heavy (non-hydrogen) atoms. The van der Waals surface area contributed by atoms with Gasteiger partial charge in [-0.25, -0.2) is 8.42 Å². The number of nitrogens with one attached hydrogen (secondary N) is 3. The van der Waals surface area contributed by atoms with Gasteiger partial charge in [-0.05, 0) is 66.8 Å². The van der Waals surface area contributed by atoms with E-state index in [2.05, 4.69) is 14.8 Å². The number of carbonyl (C=O) groups is 2. The minimum atomic E-state index is -4.03. The third-order valence-electron chi connectivity index (χ3n) is 6.49. The Morgan fingerprint density at radius 2 is 1.81 bits per heavy atom. The Morgan fingerprint density at radius 3 is 2.48 bits per heavy atom. The Kier molecular flexibility index (Phi) is 10.8. The SMILES string of the molecule is O=C1CC(c2ccc(CC(NS(=O)(=O)c3ccccc3)C(=O)NCCCCOc3cccc(Cl)c3)cc2Cl)S(O)(O)N1. The summed E-state index contributed by atoms with van der Waals surface area (Å²) in [5, 5.41) is 2.61. The van der Waals surface area contributed by atoms with Crippen LogP contribution in [0, 0.1) is 0 Å². The smallest absolute Gasteiger partial charge is 0.241 e. The summed E-state index contributed by atoms with van der Waals surface area (Å²) < 4.78 is 56.9. The maximum Gasteiger partial charge on any atom is 0.241 e. The van der Waals surface area contributed by atoms with Gasteiger partial charge >= 0.3 is 0 Å². The van der Waals surface area contributed by atoms with E-state index in [0.29, 0.717) is 47.9 Å². The van der Waals surface area contributed by atoms with E-state index in [-0.39, 0.29) is 22.8 Å². The van der Waals surface area contributed by atoms with Gasteiger partial charge in [0.25, 0.3) is 0 Å². The monoisotopic (exact) mass is 655 g/mol. The van der Waals surface area contributed by atoms with Gasteiger partial charge < -0.3 is 10.1 Å². The first-order valence-corrected chi connectivity index (χ1v) is 16.9. The quantitative estimate of drug-likeness (QED) is 0.161. The van der Waals surface area contributed by atoms with Crippen LogP contribution in [0.1, 0.15) is 35.6 Å². The van der Waals surface area contributed by atoms with E-state index in [9.17, 15) is 27.1 Å². The Labute approximate surface area is 256 Å². The largest absolute Gasteiger partial charge is 0.494 e. The number of carbonyl (C=O) groups excluding carboxylic acids is 2. The molecule has 226 valence electrons. The van der Waals surface area contributed by atoms with E-state index in [1.807, 2.05) is 0 Å². The summed E-state index contributed by atoms with van der Waals surface area (Å²) in [5.74, 6) is -0.374. The molecular formula is C28H31Cl2N3O7S2. The molecule has 14 heteroatoms. The first-order chi connectivity index (χ1) is 19.9. The molecule has 2 amide bonds. The molecule has 2 atom stereocenters. The molecule has 10 nitrogen and oxygen atoms in total. The van der Waals surface area contributed by atoms with Crippen LogP contribution in [0.4, 0.5) is 0 Å². The third-order valence-corrected chi connectivity index (χ3v) is 10.3. The Bertz CT molecular complexity index is 1520. The molecule has 3 aromatic carbocycles. The van der Waals surface area contributed by atoms with Crippen LogP contribution in [0.2, 0.25) is 10.0 Å². The van der Waals surface area contributed by atoms with Gasteiger partial charge in [0.1, 0.15) is 17.0 Å². The summed E-state index contributed by atoms with van der Waals surface area (Å²) in [4.78, 5) is 25.0. The molecule has 4 rings (SSSR count). The summed E-state index contributed by atoms with van der Waals surface area (Å²) >= 11 is 12.4. The molecule has 0 saturated carbocycles. The highest BCUT2D eigenvalue weighted by Gasteiger charge is 2.39. The van der Waals surface area contributed by atoms with Crippen molar-refractivity contribution in [1.82, 2.24) is 14.8 Å². The summed E-state index contributed by atoms with van der Waals surface area (Å²) in [5.41, 5.74) is 0.896. The molecule has 1 aliphatic heterocycles. The van der Waals surface area contributed by atoms with Gasteiger partial charge in [-0.15, -0.1) is 10.8 Å². The van der Waals surface area contributed by atoms with Crippen molar-refractivity contribution in [2.24, 2.45) is 0 Å². The van der Waals surface area contributed by atoms with Gasteiger partial charge in [0.15, 0.2) is 0 Å². The van der Waals surface area contributed by atoms with Gasteiger partial charge in [0.05, 0.1) is 17.9 Å². The first-order valence-electron chi connectivity index (χ1n) is 13.0. The molecule has 0 spiro atoms. The highest BCUT2D eigenvalue weighted by atomic mass is 35.5. The summed E-state index contributed by atoms with van der Waals surface area (Å²) in [6.45, 7) is 0.708. The maximum atomic E-state index is 13.2. The number of amides is 2. The first kappa shape index (κ1) is 32.1. The van der Waals surface area contributed by atoms with E-state index < -0.39 is 43.9 Å². The second kappa shape index (κ2) is 14.1. The van der Waals surface area contributed by atoms with Crippen LogP contribution in [-0.4, -0.2) is 48.5 Å². The van der Waals surface area contributed by atoms with Crippen molar-refractivity contribution in [2.45, 2.75) is 41.9 Å². The number of unbranched alkanes of at least 4 members (excludes halogenated alkanes) is 1. The minimum Gasteiger partial charge on any atom is -0.494 e. The van der Waals surface area contributed by atoms with E-state index >= 15 is 0 Å². The number of sulfonamides is 1. The molecule has 2 unspecified atom stereocenters. The minimum absolute atomic E-state index is 0.0120. The lowest BCUT2D eigenvalue weighted by molar-refractivity contribution is -0.122. The van der Waals surface area contributed by atoms with Crippen molar-refractivity contribution in [1.29, 1.82) is 0 Å². The number of hydrogen-bond donors (Lipinski definition) is 5. The van der Waals surface area contributed by atoms with Crippen LogP contribution in [0.3, 0.4) is 0 Å². The van der Waals surface area contributed by atoms with Crippen molar-refractivity contribution in [2.75, 3.05) is 13.2 Å². The van der Waals surface area contributed by atoms with E-state index in [1.165, 1.54) is 18.2 Å². The maximum absolute atomic E-state index is 13.2. The predicted octanol–water partition coefficient (Wildman–Crippen LogP) is 5.09. The lowest BCUT2D eigenvalue weighted by Crippen LogP contribution is -2.48. The topological polar surface area (TPSA) is 154 Å². The van der Waals surface area contributed by atoms with Crippen LogP contribution in [0.5, 0.6) is 5.75 Å². The van der Waals surface area contributed by atoms with Gasteiger partial charge in [0, 0.05) is 16.6 Å². The summed E-state index contributed by atoms with van der Waals surface area (Å²) in [6.07, 6.45) is 1.06. The van der Waals surface area contributed by atoms with Crippen LogP contribution < -0.4 is 19.5 Å². The second-order valence-corrected chi connectivity index (χ2v) is 14.2. The molecule has 1 aliphatic rings. The highest BCUT2D eigenvalue weighted by molar-refractivity contribution is 8.23. The second-order valence-electron chi connectivity index (χ2n) is 9.66. The number of hydrogen-bond acceptors (Lipinski definition) is 7. The normalized spacial score (nSPS) is 17.7.